The summed E-state index contributed by atoms with van der Waals surface area (Å²) < 4.78 is 19.1. The number of rotatable bonds is 4. The Bertz CT molecular complexity index is 1050. The normalized spacial score (nSPS) is 43.3. The lowest BCUT2D eigenvalue weighted by Crippen LogP contribution is -2.58. The van der Waals surface area contributed by atoms with Gasteiger partial charge in [-0.3, -0.25) is 9.69 Å². The van der Waals surface area contributed by atoms with E-state index in [0.29, 0.717) is 53.4 Å². The highest BCUT2D eigenvalue weighted by molar-refractivity contribution is 5.95. The van der Waals surface area contributed by atoms with Crippen molar-refractivity contribution in [2.75, 3.05) is 11.6 Å². The van der Waals surface area contributed by atoms with Gasteiger partial charge in [-0.1, -0.05) is 20.8 Å². The molecule has 5 aliphatic rings. The van der Waals surface area contributed by atoms with Gasteiger partial charge in [-0.05, 0) is 116 Å². The molecular formula is C31H44FNO4. The molecule has 0 saturated heterocycles. The Morgan fingerprint density at radius 3 is 2.68 bits per heavy atom. The topological polar surface area (TPSA) is 70.0 Å². The highest BCUT2D eigenvalue weighted by atomic mass is 19.1. The number of hydrogen-bond donors (Lipinski definition) is 2. The monoisotopic (exact) mass is 513 g/mol. The maximum Gasteiger partial charge on any atom is 0.229 e. The van der Waals surface area contributed by atoms with Crippen molar-refractivity contribution < 1.29 is 24.1 Å². The van der Waals surface area contributed by atoms with E-state index in [1.165, 1.54) is 37.8 Å². The number of anilines is 1. The van der Waals surface area contributed by atoms with Crippen molar-refractivity contribution in [3.8, 4) is 5.75 Å². The van der Waals surface area contributed by atoms with Crippen LogP contribution in [0.15, 0.2) is 18.2 Å². The number of hydrogen-bond acceptors (Lipinski definition) is 4. The van der Waals surface area contributed by atoms with Gasteiger partial charge in [-0.25, -0.2) is 4.39 Å². The number of aliphatic hydroxyl groups excluding tert-OH is 2. The minimum Gasteiger partial charge on any atom is -0.470 e. The van der Waals surface area contributed by atoms with Gasteiger partial charge in [0, 0.05) is 12.5 Å². The summed E-state index contributed by atoms with van der Waals surface area (Å²) in [6.45, 7) is 7.42. The lowest BCUT2D eigenvalue weighted by atomic mass is 9.43. The molecule has 204 valence electrons. The number of carbonyl (C=O) groups is 1. The lowest BCUT2D eigenvalue weighted by molar-refractivity contribution is -0.174. The van der Waals surface area contributed by atoms with E-state index in [1.807, 2.05) is 0 Å². The molecule has 0 radical (unpaired) electrons. The van der Waals surface area contributed by atoms with Crippen LogP contribution in [0, 0.1) is 52.2 Å². The van der Waals surface area contributed by atoms with Gasteiger partial charge in [0.1, 0.15) is 11.6 Å². The number of benzene rings is 1. The first-order valence-corrected chi connectivity index (χ1v) is 14.7. The number of aliphatic hydroxyl groups is 2. The van der Waals surface area contributed by atoms with Crippen molar-refractivity contribution >= 4 is 11.6 Å². The molecule has 0 bridgehead atoms. The third kappa shape index (κ3) is 4.04. The molecule has 4 saturated carbocycles. The zero-order valence-electron chi connectivity index (χ0n) is 22.7. The third-order valence-corrected chi connectivity index (χ3v) is 12.1. The van der Waals surface area contributed by atoms with E-state index in [9.17, 15) is 19.4 Å². The summed E-state index contributed by atoms with van der Waals surface area (Å²) in [5.74, 6) is 3.04. The molecule has 4 aliphatic carbocycles. The van der Waals surface area contributed by atoms with Gasteiger partial charge >= 0.3 is 0 Å². The largest absolute Gasteiger partial charge is 0.470 e. The molecule has 1 amide bonds. The van der Waals surface area contributed by atoms with Gasteiger partial charge in [-0.15, -0.1) is 0 Å². The molecule has 2 N–H and O–H groups in total. The van der Waals surface area contributed by atoms with E-state index < -0.39 is 0 Å². The molecule has 0 aromatic heterocycles. The first kappa shape index (κ1) is 25.6. The number of fused-ring (bicyclic) bond motifs is 6. The summed E-state index contributed by atoms with van der Waals surface area (Å²) in [7, 11) is 0. The van der Waals surface area contributed by atoms with Crippen LogP contribution in [0.4, 0.5) is 10.1 Å². The van der Waals surface area contributed by atoms with Crippen molar-refractivity contribution in [2.24, 2.45) is 46.3 Å². The maximum absolute atomic E-state index is 13.5. The molecule has 0 unspecified atom stereocenters. The second-order valence-electron chi connectivity index (χ2n) is 13.7. The first-order valence-electron chi connectivity index (χ1n) is 14.7. The van der Waals surface area contributed by atoms with Crippen LogP contribution < -0.4 is 9.64 Å². The predicted molar refractivity (Wildman–Crippen MR) is 140 cm³/mol. The second kappa shape index (κ2) is 9.22. The number of carbonyl (C=O) groups excluding carboxylic acids is 1. The van der Waals surface area contributed by atoms with E-state index in [2.05, 4.69) is 20.8 Å². The van der Waals surface area contributed by atoms with Gasteiger partial charge in [0.2, 0.25) is 5.91 Å². The van der Waals surface area contributed by atoms with Crippen LogP contribution in [0.1, 0.15) is 85.0 Å². The van der Waals surface area contributed by atoms with Gasteiger partial charge in [0.25, 0.3) is 0 Å². The fourth-order valence-electron chi connectivity index (χ4n) is 10.1. The van der Waals surface area contributed by atoms with E-state index in [1.54, 1.807) is 11.0 Å². The molecule has 5 nitrogen and oxygen atoms in total. The quantitative estimate of drug-likeness (QED) is 0.525. The van der Waals surface area contributed by atoms with Crippen molar-refractivity contribution in [1.82, 2.24) is 0 Å². The van der Waals surface area contributed by atoms with Crippen molar-refractivity contribution in [2.45, 2.75) is 97.2 Å². The van der Waals surface area contributed by atoms with Crippen LogP contribution in [0.2, 0.25) is 0 Å². The molecule has 0 spiro atoms. The maximum atomic E-state index is 13.5. The molecule has 6 heteroatoms. The highest BCUT2D eigenvalue weighted by Crippen LogP contribution is 2.68. The fraction of sp³-hybridized carbons (Fsp3) is 0.774. The summed E-state index contributed by atoms with van der Waals surface area (Å²) in [5.41, 5.74) is 1.12. The zero-order chi connectivity index (χ0) is 26.1. The lowest BCUT2D eigenvalue weighted by Gasteiger charge is -2.62. The number of amides is 1. The summed E-state index contributed by atoms with van der Waals surface area (Å²) in [6.07, 6.45) is 9.30. The van der Waals surface area contributed by atoms with Crippen LogP contribution in [-0.2, 0) is 4.79 Å². The van der Waals surface area contributed by atoms with Gasteiger partial charge in [-0.2, -0.15) is 0 Å². The summed E-state index contributed by atoms with van der Waals surface area (Å²) in [6, 6.07) is 4.36. The minimum atomic E-state index is -0.353. The van der Waals surface area contributed by atoms with Crippen LogP contribution in [0.25, 0.3) is 0 Å². The predicted octanol–water partition coefficient (Wildman–Crippen LogP) is 5.92. The summed E-state index contributed by atoms with van der Waals surface area (Å²) in [5, 5.41) is 21.8. The molecule has 1 aliphatic heterocycles. The molecule has 4 fully saturated rings. The Labute approximate surface area is 220 Å². The van der Waals surface area contributed by atoms with Crippen molar-refractivity contribution in [3.05, 3.63) is 24.0 Å². The number of ether oxygens (including phenoxy) is 1. The summed E-state index contributed by atoms with van der Waals surface area (Å²) >= 11 is 0. The molecule has 1 aromatic carbocycles. The average Bonchev–Trinajstić information content (AvgIpc) is 3.44. The Kier molecular flexibility index (Phi) is 6.38. The van der Waals surface area contributed by atoms with Crippen LogP contribution in [0.3, 0.4) is 0 Å². The standard InChI is InChI=1S/C31H44FNO4/c1-18(4-9-28(36)33-17-37-27-16-20(32)5-8-25(27)33)22-6-7-23-29-24(11-13-31(22,23)3)30(2)12-10-21(34)14-19(30)15-26(29)35/h5,8,16,18-19,21-24,26,29,34-35H,4,6-7,9-15,17H2,1-3H3/t18-,19+,21-,22-,23+,24+,26+,29+,30+,31-/m1/s1. The van der Waals surface area contributed by atoms with E-state index in [4.69, 9.17) is 4.74 Å². The molecule has 37 heavy (non-hydrogen) atoms. The van der Waals surface area contributed by atoms with Crippen LogP contribution >= 0.6 is 0 Å². The molecule has 1 aromatic rings. The molecule has 6 rings (SSSR count). The molecule has 10 atom stereocenters. The summed E-state index contributed by atoms with van der Waals surface area (Å²) in [4.78, 5) is 14.7. The SMILES string of the molecule is C[C@H](CCC(=O)N1COc2cc(F)ccc21)[C@H]1CC[C@H]2[C@@H]3[C@@H](O)C[C@@H]4C[C@H](O)CC[C@]4(C)[C@H]3CC[C@]12C. The number of halogens is 1. The first-order chi connectivity index (χ1) is 17.6. The van der Waals surface area contributed by atoms with Crippen LogP contribution in [-0.4, -0.2) is 35.1 Å². The number of nitrogens with zero attached hydrogens (tertiary/aromatic N) is 1. The highest BCUT2D eigenvalue weighted by Gasteiger charge is 2.62. The molecular weight excluding hydrogens is 469 g/mol. The minimum absolute atomic E-state index is 0.0433. The van der Waals surface area contributed by atoms with Gasteiger partial charge in [0.05, 0.1) is 17.9 Å². The second-order valence-corrected chi connectivity index (χ2v) is 13.7. The third-order valence-electron chi connectivity index (χ3n) is 12.1. The van der Waals surface area contributed by atoms with Crippen LogP contribution in [0.5, 0.6) is 5.75 Å². The Morgan fingerprint density at radius 1 is 1.11 bits per heavy atom. The van der Waals surface area contributed by atoms with E-state index in [0.717, 1.165) is 32.1 Å². The van der Waals surface area contributed by atoms with Crippen molar-refractivity contribution in [3.63, 3.8) is 0 Å². The van der Waals surface area contributed by atoms with Gasteiger partial charge in [0.15, 0.2) is 6.73 Å². The Morgan fingerprint density at radius 2 is 1.86 bits per heavy atom. The smallest absolute Gasteiger partial charge is 0.229 e. The van der Waals surface area contributed by atoms with E-state index >= 15 is 0 Å². The van der Waals surface area contributed by atoms with Gasteiger partial charge < -0.3 is 14.9 Å². The van der Waals surface area contributed by atoms with Crippen molar-refractivity contribution in [1.29, 1.82) is 0 Å². The fourth-order valence-corrected chi connectivity index (χ4v) is 10.1. The average molecular weight is 514 g/mol. The molecule has 1 heterocycles. The van der Waals surface area contributed by atoms with E-state index in [-0.39, 0.29) is 41.5 Å². The Hall–Kier alpha value is -1.66. The zero-order valence-corrected chi connectivity index (χ0v) is 22.7. The Balaban J connectivity index is 1.13.